The lowest BCUT2D eigenvalue weighted by molar-refractivity contribution is 0.403. The van der Waals surface area contributed by atoms with Gasteiger partial charge in [-0.05, 0) is 58.2 Å². The normalized spacial score (nSPS) is 11.7. The predicted molar refractivity (Wildman–Crippen MR) is 122 cm³/mol. The zero-order valence-corrected chi connectivity index (χ0v) is 18.1. The van der Waals surface area contributed by atoms with E-state index in [1.54, 1.807) is 0 Å². The number of benzene rings is 2. The van der Waals surface area contributed by atoms with Crippen molar-refractivity contribution in [2.24, 2.45) is 0 Å². The van der Waals surface area contributed by atoms with Gasteiger partial charge in [0, 0.05) is 17.2 Å². The number of hydrogen-bond donors (Lipinski definition) is 5. The van der Waals surface area contributed by atoms with Gasteiger partial charge in [-0.3, -0.25) is 4.79 Å². The number of phenolic OH excluding ortho intramolecular Hbond substituents is 4. The minimum atomic E-state index is -0.878. The van der Waals surface area contributed by atoms with Gasteiger partial charge in [-0.25, -0.2) is 0 Å². The van der Waals surface area contributed by atoms with Gasteiger partial charge in [-0.1, -0.05) is 23.3 Å². The van der Waals surface area contributed by atoms with E-state index in [1.165, 1.54) is 23.8 Å². The molecule has 3 aromatic rings. The lowest BCUT2D eigenvalue weighted by Crippen LogP contribution is -2.04. The average molecular weight is 438 g/mol. The second-order valence-electron chi connectivity index (χ2n) is 7.98. The third kappa shape index (κ3) is 4.56. The highest BCUT2D eigenvalue weighted by Crippen LogP contribution is 2.40. The minimum Gasteiger partial charge on any atom is -0.507 e. The van der Waals surface area contributed by atoms with Crippen LogP contribution in [-0.4, -0.2) is 25.5 Å². The van der Waals surface area contributed by atoms with E-state index in [1.807, 2.05) is 26.8 Å². The summed E-state index contributed by atoms with van der Waals surface area (Å²) < 4.78 is 5.59. The summed E-state index contributed by atoms with van der Waals surface area (Å²) in [5.41, 5.74) is 1.58. The summed E-state index contributed by atoms with van der Waals surface area (Å²) in [4.78, 5) is 12.8. The van der Waals surface area contributed by atoms with Crippen molar-refractivity contribution in [2.75, 3.05) is 0 Å². The molecule has 168 valence electrons. The lowest BCUT2D eigenvalue weighted by Gasteiger charge is -2.11. The van der Waals surface area contributed by atoms with Gasteiger partial charge in [0.15, 0.2) is 17.3 Å². The molecule has 0 amide bonds. The van der Waals surface area contributed by atoms with E-state index < -0.39 is 22.7 Å². The van der Waals surface area contributed by atoms with Crippen LogP contribution >= 0.6 is 0 Å². The van der Waals surface area contributed by atoms with E-state index in [2.05, 4.69) is 6.08 Å². The molecule has 7 heteroatoms. The summed E-state index contributed by atoms with van der Waals surface area (Å²) in [6.45, 7) is 6.01. The van der Waals surface area contributed by atoms with Gasteiger partial charge in [0.25, 0.3) is 0 Å². The van der Waals surface area contributed by atoms with Gasteiger partial charge in [-0.2, -0.15) is 0 Å². The molecule has 0 radical (unpaired) electrons. The maximum atomic E-state index is 12.8. The van der Waals surface area contributed by atoms with Gasteiger partial charge in [0.2, 0.25) is 11.2 Å². The van der Waals surface area contributed by atoms with Crippen LogP contribution in [0.25, 0.3) is 22.3 Å². The van der Waals surface area contributed by atoms with Crippen LogP contribution in [0, 0.1) is 0 Å². The standard InChI is InChI=1S/C25H26O7/c1-13(2)5-4-6-14(3)7-9-16-18(27)12-20-21(22(16)29)23(30)24(31)25(32-20)15-8-10-17(26)19(28)11-15/h5,7-8,10-12,26-29,31H,4,6,9H2,1-3H3. The first-order chi connectivity index (χ1) is 15.1. The maximum absolute atomic E-state index is 12.8. The molecule has 2 aromatic carbocycles. The zero-order chi connectivity index (χ0) is 23.6. The van der Waals surface area contributed by atoms with E-state index >= 15 is 0 Å². The number of phenols is 4. The van der Waals surface area contributed by atoms with Crippen LogP contribution in [0.4, 0.5) is 0 Å². The first kappa shape index (κ1) is 22.8. The quantitative estimate of drug-likeness (QED) is 0.263. The van der Waals surface area contributed by atoms with E-state index in [9.17, 15) is 30.3 Å². The van der Waals surface area contributed by atoms with Crippen molar-refractivity contribution < 1.29 is 29.9 Å². The Labute approximate surface area is 184 Å². The molecule has 0 unspecified atom stereocenters. The summed E-state index contributed by atoms with van der Waals surface area (Å²) in [5, 5.41) is 50.5. The molecule has 1 aromatic heterocycles. The minimum absolute atomic E-state index is 0.127. The van der Waals surface area contributed by atoms with Crippen LogP contribution in [0.2, 0.25) is 0 Å². The van der Waals surface area contributed by atoms with Crippen LogP contribution in [0.1, 0.15) is 39.2 Å². The Kier molecular flexibility index (Phi) is 6.48. The molecule has 0 aliphatic rings. The second kappa shape index (κ2) is 9.09. The Morgan fingerprint density at radius 2 is 1.62 bits per heavy atom. The summed E-state index contributed by atoms with van der Waals surface area (Å²) in [6.07, 6.45) is 5.90. The Morgan fingerprint density at radius 3 is 2.28 bits per heavy atom. The fraction of sp³-hybridized carbons (Fsp3) is 0.240. The van der Waals surface area contributed by atoms with Crippen molar-refractivity contribution in [3.63, 3.8) is 0 Å². The first-order valence-corrected chi connectivity index (χ1v) is 10.1. The van der Waals surface area contributed by atoms with Gasteiger partial charge in [0.05, 0.1) is 0 Å². The first-order valence-electron chi connectivity index (χ1n) is 10.1. The van der Waals surface area contributed by atoms with Crippen molar-refractivity contribution in [1.82, 2.24) is 0 Å². The molecule has 1 heterocycles. The fourth-order valence-corrected chi connectivity index (χ4v) is 3.38. The van der Waals surface area contributed by atoms with Crippen LogP contribution in [0.15, 0.2) is 56.8 Å². The van der Waals surface area contributed by atoms with Crippen LogP contribution in [0.3, 0.4) is 0 Å². The van der Waals surface area contributed by atoms with E-state index in [0.29, 0.717) is 0 Å². The molecule has 0 atom stereocenters. The third-order valence-corrected chi connectivity index (χ3v) is 5.20. The number of aromatic hydroxyl groups is 5. The highest BCUT2D eigenvalue weighted by atomic mass is 16.4. The highest BCUT2D eigenvalue weighted by molar-refractivity contribution is 5.90. The highest BCUT2D eigenvalue weighted by Gasteiger charge is 2.22. The molecule has 0 fully saturated rings. The summed E-state index contributed by atoms with van der Waals surface area (Å²) in [5.74, 6) is -2.57. The van der Waals surface area contributed by atoms with E-state index in [4.69, 9.17) is 4.42 Å². The molecular formula is C25H26O7. The number of fused-ring (bicyclic) bond motifs is 1. The third-order valence-electron chi connectivity index (χ3n) is 5.20. The number of allylic oxidation sites excluding steroid dienone is 4. The Morgan fingerprint density at radius 1 is 0.906 bits per heavy atom. The summed E-state index contributed by atoms with van der Waals surface area (Å²) in [7, 11) is 0. The molecule has 32 heavy (non-hydrogen) atoms. The number of hydrogen-bond acceptors (Lipinski definition) is 7. The molecule has 5 N–H and O–H groups in total. The second-order valence-corrected chi connectivity index (χ2v) is 7.98. The van der Waals surface area contributed by atoms with Crippen molar-refractivity contribution in [3.05, 3.63) is 63.4 Å². The van der Waals surface area contributed by atoms with Crippen molar-refractivity contribution in [1.29, 1.82) is 0 Å². The Hall–Kier alpha value is -3.87. The summed E-state index contributed by atoms with van der Waals surface area (Å²) >= 11 is 0. The maximum Gasteiger partial charge on any atom is 0.238 e. The fourth-order valence-electron chi connectivity index (χ4n) is 3.38. The van der Waals surface area contributed by atoms with Crippen molar-refractivity contribution >= 4 is 11.0 Å². The van der Waals surface area contributed by atoms with Gasteiger partial charge < -0.3 is 29.9 Å². The van der Waals surface area contributed by atoms with Gasteiger partial charge in [-0.15, -0.1) is 0 Å². The van der Waals surface area contributed by atoms with Crippen LogP contribution < -0.4 is 5.43 Å². The molecule has 0 aliphatic heterocycles. The van der Waals surface area contributed by atoms with Crippen LogP contribution in [0.5, 0.6) is 28.7 Å². The average Bonchev–Trinajstić information content (AvgIpc) is 2.72. The molecule has 0 bridgehead atoms. The zero-order valence-electron chi connectivity index (χ0n) is 18.1. The SMILES string of the molecule is CC(C)=CCCC(C)=CCc1c(O)cc2oc(-c3ccc(O)c(O)c3)c(O)c(=O)c2c1O. The molecule has 3 rings (SSSR count). The molecular weight excluding hydrogens is 412 g/mol. The Bertz CT molecular complexity index is 1290. The molecule has 0 saturated heterocycles. The topological polar surface area (TPSA) is 131 Å². The van der Waals surface area contributed by atoms with Gasteiger partial charge in [0.1, 0.15) is 22.5 Å². The smallest absolute Gasteiger partial charge is 0.238 e. The van der Waals surface area contributed by atoms with Crippen LogP contribution in [-0.2, 0) is 6.42 Å². The van der Waals surface area contributed by atoms with E-state index in [0.717, 1.165) is 24.5 Å². The van der Waals surface area contributed by atoms with E-state index in [-0.39, 0.29) is 45.8 Å². The Balaban J connectivity index is 2.04. The lowest BCUT2D eigenvalue weighted by atomic mass is 10.0. The molecule has 7 nitrogen and oxygen atoms in total. The summed E-state index contributed by atoms with van der Waals surface area (Å²) in [6, 6.07) is 4.85. The van der Waals surface area contributed by atoms with Gasteiger partial charge >= 0.3 is 0 Å². The molecule has 0 aliphatic carbocycles. The molecule has 0 spiro atoms. The largest absolute Gasteiger partial charge is 0.507 e. The molecule has 0 saturated carbocycles. The monoisotopic (exact) mass is 438 g/mol. The van der Waals surface area contributed by atoms with Crippen molar-refractivity contribution in [3.8, 4) is 40.1 Å². The van der Waals surface area contributed by atoms with Crippen molar-refractivity contribution in [2.45, 2.75) is 40.0 Å². The predicted octanol–water partition coefficient (Wildman–Crippen LogP) is 5.22. The number of rotatable bonds is 6.